The van der Waals surface area contributed by atoms with Crippen molar-refractivity contribution in [1.82, 2.24) is 15.1 Å². The van der Waals surface area contributed by atoms with E-state index in [4.69, 9.17) is 0 Å². The topological polar surface area (TPSA) is 30.9 Å². The number of nitrogens with zero attached hydrogens (tertiary/aromatic N) is 3. The Bertz CT molecular complexity index is 275. The van der Waals surface area contributed by atoms with E-state index in [2.05, 4.69) is 20.1 Å². The van der Waals surface area contributed by atoms with E-state index in [1.807, 2.05) is 0 Å². The van der Waals surface area contributed by atoms with Crippen molar-refractivity contribution in [3.05, 3.63) is 0 Å². The molecular weight excluding hydrogens is 212 g/mol. The average Bonchev–Trinajstić information content (AvgIpc) is 2.94. The molecule has 4 nitrogen and oxygen atoms in total. The zero-order valence-electron chi connectivity index (χ0n) is 10.7. The van der Waals surface area contributed by atoms with Crippen LogP contribution in [0, 0.1) is 0 Å². The molecule has 3 aliphatic heterocycles. The molecule has 0 aromatic carbocycles. The lowest BCUT2D eigenvalue weighted by Gasteiger charge is -2.40. The highest BCUT2D eigenvalue weighted by Gasteiger charge is 2.27. The molecule has 0 atom stereocenters. The molecule has 0 aromatic heterocycles. The first kappa shape index (κ1) is 11.3. The van der Waals surface area contributed by atoms with Gasteiger partial charge in [-0.1, -0.05) is 6.42 Å². The number of aliphatic imine (C=N–C) groups is 1. The van der Waals surface area contributed by atoms with Gasteiger partial charge in [-0.2, -0.15) is 0 Å². The maximum Gasteiger partial charge on any atom is 0.194 e. The number of piperidine rings is 2. The molecule has 2 saturated heterocycles. The minimum Gasteiger partial charge on any atom is -0.354 e. The predicted molar refractivity (Wildman–Crippen MR) is 70.3 cm³/mol. The summed E-state index contributed by atoms with van der Waals surface area (Å²) < 4.78 is 0. The van der Waals surface area contributed by atoms with E-state index in [9.17, 15) is 0 Å². The zero-order chi connectivity index (χ0) is 11.5. The van der Waals surface area contributed by atoms with Gasteiger partial charge in [-0.25, -0.2) is 0 Å². The van der Waals surface area contributed by atoms with Crippen LogP contribution >= 0.6 is 0 Å². The Labute approximate surface area is 104 Å². The number of hydrogen-bond donors (Lipinski definition) is 1. The van der Waals surface area contributed by atoms with Gasteiger partial charge in [0.05, 0.1) is 6.54 Å². The van der Waals surface area contributed by atoms with Gasteiger partial charge in [-0.3, -0.25) is 4.99 Å². The van der Waals surface area contributed by atoms with Crippen LogP contribution in [0.25, 0.3) is 0 Å². The normalized spacial score (nSPS) is 28.0. The summed E-state index contributed by atoms with van der Waals surface area (Å²) in [5.74, 6) is 1.15. The molecule has 3 rings (SSSR count). The van der Waals surface area contributed by atoms with E-state index in [1.165, 1.54) is 58.3 Å². The van der Waals surface area contributed by atoms with Crippen molar-refractivity contribution >= 4 is 5.96 Å². The van der Waals surface area contributed by atoms with E-state index in [-0.39, 0.29) is 0 Å². The Morgan fingerprint density at radius 2 is 1.76 bits per heavy atom. The van der Waals surface area contributed by atoms with Gasteiger partial charge in [-0.15, -0.1) is 0 Å². The van der Waals surface area contributed by atoms with Gasteiger partial charge >= 0.3 is 0 Å². The van der Waals surface area contributed by atoms with Gasteiger partial charge in [0.15, 0.2) is 5.96 Å². The molecule has 2 fully saturated rings. The van der Waals surface area contributed by atoms with E-state index in [0.29, 0.717) is 0 Å². The third-order valence-electron chi connectivity index (χ3n) is 4.33. The number of nitrogens with one attached hydrogen (secondary N) is 1. The lowest BCUT2D eigenvalue weighted by Crippen LogP contribution is -2.50. The van der Waals surface area contributed by atoms with E-state index in [1.54, 1.807) is 0 Å². The summed E-state index contributed by atoms with van der Waals surface area (Å²) in [6.07, 6.45) is 6.90. The smallest absolute Gasteiger partial charge is 0.194 e. The predicted octanol–water partition coefficient (Wildman–Crippen LogP) is 0.896. The maximum atomic E-state index is 4.51. The Balaban J connectivity index is 1.49. The summed E-state index contributed by atoms with van der Waals surface area (Å²) >= 11 is 0. The van der Waals surface area contributed by atoms with Crippen molar-refractivity contribution in [2.75, 3.05) is 39.3 Å². The maximum absolute atomic E-state index is 4.51. The van der Waals surface area contributed by atoms with E-state index >= 15 is 0 Å². The van der Waals surface area contributed by atoms with Crippen molar-refractivity contribution in [2.24, 2.45) is 4.99 Å². The van der Waals surface area contributed by atoms with Crippen LogP contribution in [-0.2, 0) is 0 Å². The van der Waals surface area contributed by atoms with Crippen LogP contribution in [0.5, 0.6) is 0 Å². The van der Waals surface area contributed by atoms with E-state index in [0.717, 1.165) is 25.1 Å². The minimum absolute atomic E-state index is 0.841. The van der Waals surface area contributed by atoms with E-state index < -0.39 is 0 Å². The highest BCUT2D eigenvalue weighted by atomic mass is 15.3. The van der Waals surface area contributed by atoms with Crippen LogP contribution in [0.2, 0.25) is 0 Å². The van der Waals surface area contributed by atoms with Crippen LogP contribution < -0.4 is 5.32 Å². The second-order valence-electron chi connectivity index (χ2n) is 5.45. The van der Waals surface area contributed by atoms with Crippen molar-refractivity contribution in [3.63, 3.8) is 0 Å². The Kier molecular flexibility index (Phi) is 3.50. The monoisotopic (exact) mass is 236 g/mol. The lowest BCUT2D eigenvalue weighted by atomic mass is 10.00. The highest BCUT2D eigenvalue weighted by molar-refractivity contribution is 5.81. The second kappa shape index (κ2) is 5.25. The van der Waals surface area contributed by atoms with Gasteiger partial charge < -0.3 is 15.1 Å². The Morgan fingerprint density at radius 1 is 1.00 bits per heavy atom. The summed E-state index contributed by atoms with van der Waals surface area (Å²) in [5.41, 5.74) is 0. The largest absolute Gasteiger partial charge is 0.354 e. The van der Waals surface area contributed by atoms with Crippen LogP contribution in [0.15, 0.2) is 4.99 Å². The fourth-order valence-corrected chi connectivity index (χ4v) is 3.32. The van der Waals surface area contributed by atoms with Crippen molar-refractivity contribution in [1.29, 1.82) is 0 Å². The highest BCUT2D eigenvalue weighted by Crippen LogP contribution is 2.21. The molecule has 0 aliphatic carbocycles. The molecule has 3 heterocycles. The summed E-state index contributed by atoms with van der Waals surface area (Å²) in [6, 6.07) is 0.841. The fourth-order valence-electron chi connectivity index (χ4n) is 3.32. The minimum atomic E-state index is 0.841. The van der Waals surface area contributed by atoms with Gasteiger partial charge in [0.25, 0.3) is 0 Å². The summed E-state index contributed by atoms with van der Waals surface area (Å²) in [6.45, 7) is 7.04. The zero-order valence-corrected chi connectivity index (χ0v) is 10.7. The molecule has 0 saturated carbocycles. The van der Waals surface area contributed by atoms with Gasteiger partial charge in [-0.05, 0) is 38.8 Å². The molecule has 0 aromatic rings. The van der Waals surface area contributed by atoms with Gasteiger partial charge in [0.2, 0.25) is 0 Å². The standard InChI is InChI=1S/C13H24N4/c1-2-8-16(9-3-1)12-4-10-17(11-5-12)13-14-6-7-15-13/h12H,1-11H2,(H,14,15). The Hall–Kier alpha value is -0.770. The van der Waals surface area contributed by atoms with Crippen LogP contribution in [0.3, 0.4) is 0 Å². The molecule has 1 N–H and O–H groups in total. The third-order valence-corrected chi connectivity index (χ3v) is 4.33. The van der Waals surface area contributed by atoms with Crippen molar-refractivity contribution in [2.45, 2.75) is 38.1 Å². The summed E-state index contributed by atoms with van der Waals surface area (Å²) in [5, 5.41) is 3.38. The number of rotatable bonds is 1. The number of guanidine groups is 1. The SMILES string of the molecule is C1CCN(C2CCN(C3=NCCN3)CC2)CC1. The first-order valence-electron chi connectivity index (χ1n) is 7.21. The molecule has 17 heavy (non-hydrogen) atoms. The molecule has 96 valence electrons. The van der Waals surface area contributed by atoms with Gasteiger partial charge in [0, 0.05) is 25.7 Å². The van der Waals surface area contributed by atoms with Crippen LogP contribution in [0.4, 0.5) is 0 Å². The first-order chi connectivity index (χ1) is 8.43. The molecule has 3 aliphatic rings. The fraction of sp³-hybridized carbons (Fsp3) is 0.923. The van der Waals surface area contributed by atoms with Crippen molar-refractivity contribution < 1.29 is 0 Å². The summed E-state index contributed by atoms with van der Waals surface area (Å²) in [4.78, 5) is 9.68. The van der Waals surface area contributed by atoms with Gasteiger partial charge in [0.1, 0.15) is 0 Å². The second-order valence-corrected chi connectivity index (χ2v) is 5.45. The summed E-state index contributed by atoms with van der Waals surface area (Å²) in [7, 11) is 0. The average molecular weight is 236 g/mol. The molecule has 0 radical (unpaired) electrons. The molecule has 4 heteroatoms. The van der Waals surface area contributed by atoms with Crippen molar-refractivity contribution in [3.8, 4) is 0 Å². The lowest BCUT2D eigenvalue weighted by molar-refractivity contribution is 0.114. The van der Waals surface area contributed by atoms with Crippen LogP contribution in [-0.4, -0.2) is 61.1 Å². The molecule has 0 spiro atoms. The number of hydrogen-bond acceptors (Lipinski definition) is 4. The third kappa shape index (κ3) is 2.57. The number of likely N-dealkylation sites (tertiary alicyclic amines) is 2. The van der Waals surface area contributed by atoms with Crippen LogP contribution in [0.1, 0.15) is 32.1 Å². The first-order valence-corrected chi connectivity index (χ1v) is 7.21. The molecule has 0 amide bonds. The Morgan fingerprint density at radius 3 is 2.41 bits per heavy atom. The quantitative estimate of drug-likeness (QED) is 0.734. The molecular formula is C13H24N4. The molecule has 0 unspecified atom stereocenters. The molecule has 0 bridgehead atoms.